The van der Waals surface area contributed by atoms with Gasteiger partial charge in [-0.05, 0) is 37.8 Å². The van der Waals surface area contributed by atoms with Gasteiger partial charge >= 0.3 is 0 Å². The van der Waals surface area contributed by atoms with E-state index in [2.05, 4.69) is 17.4 Å². The third-order valence-corrected chi connectivity index (χ3v) is 3.56. The molecule has 3 N–H and O–H groups in total. The molecule has 1 aromatic rings. The Morgan fingerprint density at radius 3 is 2.78 bits per heavy atom. The third-order valence-electron chi connectivity index (χ3n) is 3.56. The Morgan fingerprint density at radius 1 is 1.44 bits per heavy atom. The van der Waals surface area contributed by atoms with Crippen LogP contribution in [0.1, 0.15) is 37.4 Å². The predicted octanol–water partition coefficient (Wildman–Crippen LogP) is 2.20. The summed E-state index contributed by atoms with van der Waals surface area (Å²) in [7, 11) is 0. The quantitative estimate of drug-likeness (QED) is 0.883. The Labute approximate surface area is 115 Å². The summed E-state index contributed by atoms with van der Waals surface area (Å²) in [6, 6.07) is 8.47. The van der Waals surface area contributed by atoms with Crippen molar-refractivity contribution >= 4 is 18.3 Å². The molecule has 18 heavy (non-hydrogen) atoms. The van der Waals surface area contributed by atoms with Crippen molar-refractivity contribution in [2.45, 2.75) is 32.7 Å². The number of rotatable bonds is 3. The summed E-state index contributed by atoms with van der Waals surface area (Å²) in [6.07, 6.45) is 2.04. The van der Waals surface area contributed by atoms with Gasteiger partial charge < -0.3 is 11.1 Å². The molecule has 0 spiro atoms. The highest BCUT2D eigenvalue weighted by Crippen LogP contribution is 2.31. The zero-order valence-electron chi connectivity index (χ0n) is 10.9. The zero-order valence-corrected chi connectivity index (χ0v) is 11.7. The molecule has 0 saturated carbocycles. The maximum atomic E-state index is 12.1. The van der Waals surface area contributed by atoms with E-state index >= 15 is 0 Å². The molecule has 1 aliphatic rings. The van der Waals surface area contributed by atoms with Crippen molar-refractivity contribution in [2.75, 3.05) is 6.54 Å². The number of nitrogens with one attached hydrogen (secondary N) is 1. The zero-order chi connectivity index (χ0) is 12.5. The number of carbonyl (C=O) groups is 1. The summed E-state index contributed by atoms with van der Waals surface area (Å²) >= 11 is 0. The highest BCUT2D eigenvalue weighted by Gasteiger charge is 2.30. The lowest BCUT2D eigenvalue weighted by Gasteiger charge is -2.24. The van der Waals surface area contributed by atoms with Gasteiger partial charge in [0.2, 0.25) is 5.91 Å². The lowest BCUT2D eigenvalue weighted by molar-refractivity contribution is -0.129. The van der Waals surface area contributed by atoms with E-state index in [-0.39, 0.29) is 24.4 Å². The first-order valence-electron chi connectivity index (χ1n) is 6.13. The van der Waals surface area contributed by atoms with Crippen LogP contribution >= 0.6 is 12.4 Å². The molecule has 0 radical (unpaired) electrons. The SMILES string of the molecule is CC(C)(CN)C(=O)NC1CCc2ccccc21.Cl. The van der Waals surface area contributed by atoms with Crippen LogP contribution in [0.2, 0.25) is 0 Å². The standard InChI is InChI=1S/C14H20N2O.ClH/c1-14(2,9-15)13(17)16-12-8-7-10-5-3-4-6-11(10)12;/h3-6,12H,7-9,15H2,1-2H3,(H,16,17);1H. The fraction of sp³-hybridized carbons (Fsp3) is 0.500. The molecule has 1 atom stereocenters. The summed E-state index contributed by atoms with van der Waals surface area (Å²) in [6.45, 7) is 4.12. The molecule has 0 aliphatic heterocycles. The second-order valence-corrected chi connectivity index (χ2v) is 5.35. The average molecular weight is 269 g/mol. The molecule has 1 unspecified atom stereocenters. The van der Waals surface area contributed by atoms with Crippen molar-refractivity contribution in [2.24, 2.45) is 11.1 Å². The van der Waals surface area contributed by atoms with E-state index < -0.39 is 5.41 Å². The highest BCUT2D eigenvalue weighted by atomic mass is 35.5. The van der Waals surface area contributed by atoms with Crippen molar-refractivity contribution in [3.05, 3.63) is 35.4 Å². The van der Waals surface area contributed by atoms with E-state index in [9.17, 15) is 4.79 Å². The van der Waals surface area contributed by atoms with E-state index in [0.717, 1.165) is 12.8 Å². The molecule has 0 saturated heterocycles. The topological polar surface area (TPSA) is 55.1 Å². The maximum Gasteiger partial charge on any atom is 0.227 e. The van der Waals surface area contributed by atoms with Gasteiger partial charge in [-0.15, -0.1) is 12.4 Å². The largest absolute Gasteiger partial charge is 0.349 e. The van der Waals surface area contributed by atoms with Crippen LogP contribution in [0.25, 0.3) is 0 Å². The van der Waals surface area contributed by atoms with Crippen LogP contribution in [0, 0.1) is 5.41 Å². The van der Waals surface area contributed by atoms with Crippen LogP contribution in [-0.4, -0.2) is 12.5 Å². The van der Waals surface area contributed by atoms with Gasteiger partial charge in [0, 0.05) is 6.54 Å². The number of hydrogen-bond acceptors (Lipinski definition) is 2. The summed E-state index contributed by atoms with van der Waals surface area (Å²) in [5.74, 6) is 0.0432. The van der Waals surface area contributed by atoms with Crippen molar-refractivity contribution in [3.8, 4) is 0 Å². The molecule has 1 amide bonds. The lowest BCUT2D eigenvalue weighted by Crippen LogP contribution is -2.42. The summed E-state index contributed by atoms with van der Waals surface area (Å²) in [4.78, 5) is 12.1. The molecular weight excluding hydrogens is 248 g/mol. The first-order chi connectivity index (χ1) is 8.04. The Morgan fingerprint density at radius 2 is 2.11 bits per heavy atom. The van der Waals surface area contributed by atoms with Crippen molar-refractivity contribution in [1.29, 1.82) is 0 Å². The minimum absolute atomic E-state index is 0. The van der Waals surface area contributed by atoms with Crippen molar-refractivity contribution in [1.82, 2.24) is 5.32 Å². The Hall–Kier alpha value is -1.06. The van der Waals surface area contributed by atoms with E-state index in [0.29, 0.717) is 6.54 Å². The number of halogens is 1. The smallest absolute Gasteiger partial charge is 0.227 e. The van der Waals surface area contributed by atoms with Gasteiger partial charge in [-0.1, -0.05) is 24.3 Å². The summed E-state index contributed by atoms with van der Waals surface area (Å²) < 4.78 is 0. The van der Waals surface area contributed by atoms with Crippen LogP contribution < -0.4 is 11.1 Å². The molecule has 3 nitrogen and oxygen atoms in total. The highest BCUT2D eigenvalue weighted by molar-refractivity contribution is 5.85. The fourth-order valence-corrected chi connectivity index (χ4v) is 2.15. The van der Waals surface area contributed by atoms with Crippen molar-refractivity contribution < 1.29 is 4.79 Å². The number of aryl methyl sites for hydroxylation is 1. The Bertz CT molecular complexity index is 432. The molecule has 0 heterocycles. The van der Waals surface area contributed by atoms with Crippen LogP contribution in [-0.2, 0) is 11.2 Å². The molecule has 1 aliphatic carbocycles. The Balaban J connectivity index is 0.00000162. The van der Waals surface area contributed by atoms with Gasteiger partial charge in [-0.25, -0.2) is 0 Å². The van der Waals surface area contributed by atoms with E-state index in [1.165, 1.54) is 11.1 Å². The van der Waals surface area contributed by atoms with Gasteiger partial charge in [-0.2, -0.15) is 0 Å². The van der Waals surface area contributed by atoms with Gasteiger partial charge in [0.1, 0.15) is 0 Å². The number of fused-ring (bicyclic) bond motifs is 1. The first-order valence-corrected chi connectivity index (χ1v) is 6.13. The van der Waals surface area contributed by atoms with E-state index in [1.54, 1.807) is 0 Å². The summed E-state index contributed by atoms with van der Waals surface area (Å²) in [5.41, 5.74) is 7.74. The number of amides is 1. The van der Waals surface area contributed by atoms with Gasteiger partial charge in [0.15, 0.2) is 0 Å². The van der Waals surface area contributed by atoms with Crippen LogP contribution in [0.3, 0.4) is 0 Å². The van der Waals surface area contributed by atoms with Crippen molar-refractivity contribution in [3.63, 3.8) is 0 Å². The molecule has 4 heteroatoms. The van der Waals surface area contributed by atoms with Crippen LogP contribution in [0.15, 0.2) is 24.3 Å². The van der Waals surface area contributed by atoms with Gasteiger partial charge in [0.25, 0.3) is 0 Å². The average Bonchev–Trinajstić information content (AvgIpc) is 2.73. The second kappa shape index (κ2) is 5.72. The third kappa shape index (κ3) is 2.85. The number of hydrogen-bond donors (Lipinski definition) is 2. The lowest BCUT2D eigenvalue weighted by atomic mass is 9.92. The summed E-state index contributed by atoms with van der Waals surface area (Å²) in [5, 5.41) is 3.11. The number of nitrogens with two attached hydrogens (primary N) is 1. The molecule has 0 aromatic heterocycles. The maximum absolute atomic E-state index is 12.1. The minimum atomic E-state index is -0.489. The van der Waals surface area contributed by atoms with E-state index in [1.807, 2.05) is 26.0 Å². The molecule has 0 bridgehead atoms. The molecule has 2 rings (SSSR count). The predicted molar refractivity (Wildman–Crippen MR) is 75.7 cm³/mol. The Kier molecular flexibility index (Phi) is 4.77. The number of benzene rings is 1. The van der Waals surface area contributed by atoms with Crippen LogP contribution in [0.4, 0.5) is 0 Å². The van der Waals surface area contributed by atoms with Crippen LogP contribution in [0.5, 0.6) is 0 Å². The monoisotopic (exact) mass is 268 g/mol. The first kappa shape index (κ1) is 15.0. The molecular formula is C14H21ClN2O. The minimum Gasteiger partial charge on any atom is -0.349 e. The molecule has 0 fully saturated rings. The number of carbonyl (C=O) groups excluding carboxylic acids is 1. The fourth-order valence-electron chi connectivity index (χ4n) is 2.15. The van der Waals surface area contributed by atoms with Gasteiger partial charge in [-0.3, -0.25) is 4.79 Å². The second-order valence-electron chi connectivity index (χ2n) is 5.35. The molecule has 1 aromatic carbocycles. The van der Waals surface area contributed by atoms with E-state index in [4.69, 9.17) is 5.73 Å². The molecule has 100 valence electrons. The normalized spacial score (nSPS) is 17.8. The van der Waals surface area contributed by atoms with Gasteiger partial charge in [0.05, 0.1) is 11.5 Å².